The summed E-state index contributed by atoms with van der Waals surface area (Å²) in [4.78, 5) is 0.180. The largest absolute Gasteiger partial charge is 0.407 e. The molecule has 0 spiro atoms. The average molecular weight is 430 g/mol. The molecule has 29 heavy (non-hydrogen) atoms. The van der Waals surface area contributed by atoms with E-state index in [1.165, 1.54) is 24.3 Å². The highest BCUT2D eigenvalue weighted by Gasteiger charge is 2.41. The SMILES string of the molecule is CC(C)CC(CO)N[C@@H](c1ccc(-c2ccc(S(C)(=O)=O)cc2)cc1)C(F)(F)F. The Balaban J connectivity index is 2.27. The molecular weight excluding hydrogens is 403 g/mol. The quantitative estimate of drug-likeness (QED) is 0.655. The van der Waals surface area contributed by atoms with E-state index in [0.717, 1.165) is 6.26 Å². The average Bonchev–Trinajstić information content (AvgIpc) is 2.63. The number of aliphatic hydroxyl groups excluding tert-OH is 1. The summed E-state index contributed by atoms with van der Waals surface area (Å²) in [6.07, 6.45) is -2.98. The zero-order valence-electron chi connectivity index (χ0n) is 16.6. The van der Waals surface area contributed by atoms with E-state index in [-0.39, 0.29) is 23.0 Å². The standard InChI is InChI=1S/C21H26F3NO3S/c1-14(2)12-18(13-26)25-20(21(22,23)24)17-6-4-15(5-7-17)16-8-10-19(11-9-16)29(3,27)28/h4-11,14,18,20,25-26H,12-13H2,1-3H3/t18?,20-/m0/s1. The number of alkyl halides is 3. The number of hydrogen-bond acceptors (Lipinski definition) is 4. The Hall–Kier alpha value is -1.90. The van der Waals surface area contributed by atoms with Gasteiger partial charge in [-0.3, -0.25) is 5.32 Å². The second-order valence-electron chi connectivity index (χ2n) is 7.57. The Labute approximate surface area is 169 Å². The van der Waals surface area contributed by atoms with Crippen molar-refractivity contribution in [2.75, 3.05) is 12.9 Å². The Morgan fingerprint density at radius 3 is 1.83 bits per heavy atom. The van der Waals surface area contributed by atoms with E-state index in [1.807, 2.05) is 13.8 Å². The smallest absolute Gasteiger partial charge is 0.395 e. The van der Waals surface area contributed by atoms with Crippen molar-refractivity contribution in [2.24, 2.45) is 5.92 Å². The monoisotopic (exact) mass is 429 g/mol. The fourth-order valence-corrected chi connectivity index (χ4v) is 3.77. The van der Waals surface area contributed by atoms with Gasteiger partial charge in [0.1, 0.15) is 6.04 Å². The molecule has 0 aliphatic carbocycles. The van der Waals surface area contributed by atoms with Crippen LogP contribution in [0.25, 0.3) is 11.1 Å². The molecule has 0 amide bonds. The van der Waals surface area contributed by atoms with Crippen molar-refractivity contribution >= 4 is 9.84 Å². The zero-order chi connectivity index (χ0) is 21.8. The molecule has 1 unspecified atom stereocenters. The topological polar surface area (TPSA) is 66.4 Å². The fourth-order valence-electron chi connectivity index (χ4n) is 3.14. The van der Waals surface area contributed by atoms with Crippen molar-refractivity contribution in [1.82, 2.24) is 5.32 Å². The van der Waals surface area contributed by atoms with Gasteiger partial charge in [0, 0.05) is 12.3 Å². The molecule has 2 aromatic carbocycles. The van der Waals surface area contributed by atoms with Crippen molar-refractivity contribution in [1.29, 1.82) is 0 Å². The molecule has 0 radical (unpaired) electrons. The number of benzene rings is 2. The minimum Gasteiger partial charge on any atom is -0.395 e. The van der Waals surface area contributed by atoms with Crippen LogP contribution < -0.4 is 5.32 Å². The van der Waals surface area contributed by atoms with Gasteiger partial charge in [0.15, 0.2) is 9.84 Å². The molecule has 0 aromatic heterocycles. The predicted molar refractivity (Wildman–Crippen MR) is 107 cm³/mol. The van der Waals surface area contributed by atoms with Gasteiger partial charge in [0.05, 0.1) is 11.5 Å². The summed E-state index contributed by atoms with van der Waals surface area (Å²) in [5.74, 6) is 0.144. The molecule has 2 aromatic rings. The highest BCUT2D eigenvalue weighted by atomic mass is 32.2. The van der Waals surface area contributed by atoms with Crippen molar-refractivity contribution in [3.63, 3.8) is 0 Å². The maximum atomic E-state index is 13.6. The van der Waals surface area contributed by atoms with Crippen LogP contribution in [0.4, 0.5) is 13.2 Å². The molecule has 160 valence electrons. The Morgan fingerprint density at radius 1 is 0.966 bits per heavy atom. The lowest BCUT2D eigenvalue weighted by Crippen LogP contribution is -2.43. The Kier molecular flexibility index (Phi) is 7.48. The summed E-state index contributed by atoms with van der Waals surface area (Å²) in [6.45, 7) is 3.39. The first-order valence-corrected chi connectivity index (χ1v) is 11.1. The van der Waals surface area contributed by atoms with Crippen molar-refractivity contribution in [3.05, 3.63) is 54.1 Å². The van der Waals surface area contributed by atoms with Gasteiger partial charge in [-0.15, -0.1) is 0 Å². The van der Waals surface area contributed by atoms with Crippen LogP contribution in [-0.4, -0.2) is 38.6 Å². The van der Waals surface area contributed by atoms with E-state index in [1.54, 1.807) is 24.3 Å². The van der Waals surface area contributed by atoms with Gasteiger partial charge in [-0.05, 0) is 41.2 Å². The van der Waals surface area contributed by atoms with E-state index in [0.29, 0.717) is 17.5 Å². The van der Waals surface area contributed by atoms with Crippen LogP contribution >= 0.6 is 0 Å². The third-order valence-corrected chi connectivity index (χ3v) is 5.69. The zero-order valence-corrected chi connectivity index (χ0v) is 17.4. The maximum absolute atomic E-state index is 13.6. The molecule has 0 saturated heterocycles. The first kappa shape index (κ1) is 23.4. The lowest BCUT2D eigenvalue weighted by atomic mass is 9.98. The summed E-state index contributed by atoms with van der Waals surface area (Å²) in [5.41, 5.74) is 1.43. The third kappa shape index (κ3) is 6.55. The number of hydrogen-bond donors (Lipinski definition) is 2. The molecule has 2 atom stereocenters. The van der Waals surface area contributed by atoms with Crippen LogP contribution in [-0.2, 0) is 9.84 Å². The Morgan fingerprint density at radius 2 is 1.45 bits per heavy atom. The van der Waals surface area contributed by atoms with Crippen molar-refractivity contribution < 1.29 is 26.7 Å². The summed E-state index contributed by atoms with van der Waals surface area (Å²) in [6, 6.07) is 9.56. The molecular formula is C21H26F3NO3S. The van der Waals surface area contributed by atoms with Crippen LogP contribution in [0, 0.1) is 5.92 Å². The fraction of sp³-hybridized carbons (Fsp3) is 0.429. The molecule has 2 rings (SSSR count). The minimum absolute atomic E-state index is 0.0520. The first-order chi connectivity index (χ1) is 13.4. The number of rotatable bonds is 8. The molecule has 0 heterocycles. The van der Waals surface area contributed by atoms with Gasteiger partial charge in [-0.1, -0.05) is 50.2 Å². The molecule has 0 fully saturated rings. The van der Waals surface area contributed by atoms with E-state index in [4.69, 9.17) is 0 Å². The third-order valence-electron chi connectivity index (χ3n) is 4.57. The van der Waals surface area contributed by atoms with Crippen LogP contribution in [0.1, 0.15) is 31.9 Å². The number of sulfone groups is 1. The van der Waals surface area contributed by atoms with E-state index < -0.39 is 28.1 Å². The van der Waals surface area contributed by atoms with Gasteiger partial charge >= 0.3 is 6.18 Å². The van der Waals surface area contributed by atoms with Gasteiger partial charge < -0.3 is 5.11 Å². The van der Waals surface area contributed by atoms with E-state index in [2.05, 4.69) is 5.32 Å². The second-order valence-corrected chi connectivity index (χ2v) is 9.58. The Bertz CT molecular complexity index is 892. The summed E-state index contributed by atoms with van der Waals surface area (Å²) < 4.78 is 63.9. The molecule has 0 bridgehead atoms. The van der Waals surface area contributed by atoms with Gasteiger partial charge in [0.2, 0.25) is 0 Å². The highest BCUT2D eigenvalue weighted by molar-refractivity contribution is 7.90. The summed E-state index contributed by atoms with van der Waals surface area (Å²) >= 11 is 0. The number of aliphatic hydroxyl groups is 1. The summed E-state index contributed by atoms with van der Waals surface area (Å²) in [5, 5.41) is 12.0. The predicted octanol–water partition coefficient (Wildman–Crippen LogP) is 4.36. The van der Waals surface area contributed by atoms with Crippen molar-refractivity contribution in [2.45, 2.75) is 43.4 Å². The lowest BCUT2D eigenvalue weighted by molar-refractivity contribution is -0.160. The molecule has 2 N–H and O–H groups in total. The molecule has 0 saturated carbocycles. The normalized spacial score (nSPS) is 14.8. The number of halogens is 3. The van der Waals surface area contributed by atoms with Gasteiger partial charge in [-0.2, -0.15) is 13.2 Å². The number of nitrogens with one attached hydrogen (secondary N) is 1. The summed E-state index contributed by atoms with van der Waals surface area (Å²) in [7, 11) is -3.31. The highest BCUT2D eigenvalue weighted by Crippen LogP contribution is 2.34. The lowest BCUT2D eigenvalue weighted by Gasteiger charge is -2.28. The van der Waals surface area contributed by atoms with Crippen LogP contribution in [0.2, 0.25) is 0 Å². The van der Waals surface area contributed by atoms with Gasteiger partial charge in [-0.25, -0.2) is 8.42 Å². The first-order valence-electron chi connectivity index (χ1n) is 9.26. The van der Waals surface area contributed by atoms with Crippen LogP contribution in [0.3, 0.4) is 0 Å². The molecule has 0 aliphatic rings. The minimum atomic E-state index is -4.51. The van der Waals surface area contributed by atoms with Crippen LogP contribution in [0.5, 0.6) is 0 Å². The molecule has 8 heteroatoms. The maximum Gasteiger partial charge on any atom is 0.407 e. The van der Waals surface area contributed by atoms with E-state index >= 15 is 0 Å². The molecule has 4 nitrogen and oxygen atoms in total. The van der Waals surface area contributed by atoms with E-state index in [9.17, 15) is 26.7 Å². The molecule has 0 aliphatic heterocycles. The second kappa shape index (κ2) is 9.28. The van der Waals surface area contributed by atoms with Crippen molar-refractivity contribution in [3.8, 4) is 11.1 Å². The van der Waals surface area contributed by atoms with Crippen LogP contribution in [0.15, 0.2) is 53.4 Å². The van der Waals surface area contributed by atoms with Gasteiger partial charge in [0.25, 0.3) is 0 Å².